The molecule has 0 saturated heterocycles. The van der Waals surface area contributed by atoms with E-state index in [1.807, 2.05) is 0 Å². The van der Waals surface area contributed by atoms with Gasteiger partial charge in [0.2, 0.25) is 33.7 Å². The molecule has 17 heteroatoms. The summed E-state index contributed by atoms with van der Waals surface area (Å²) < 4.78 is 73.9. The maximum Gasteiger partial charge on any atom is 0.249 e. The summed E-state index contributed by atoms with van der Waals surface area (Å²) in [5, 5.41) is 7.00. The van der Waals surface area contributed by atoms with Gasteiger partial charge in [-0.2, -0.15) is 9.97 Å². The molecule has 1 aliphatic rings. The molecule has 3 aromatic heterocycles. The van der Waals surface area contributed by atoms with Crippen molar-refractivity contribution in [1.29, 1.82) is 0 Å². The number of hydrogen-bond acceptors (Lipinski definition) is 11. The summed E-state index contributed by atoms with van der Waals surface area (Å²) in [7, 11) is -0.295. The molecule has 13 nitrogen and oxygen atoms in total. The highest BCUT2D eigenvalue weighted by molar-refractivity contribution is 7.93. The third-order valence-electron chi connectivity index (χ3n) is 5.81. The molecule has 1 saturated carbocycles. The Morgan fingerprint density at radius 3 is 2.19 bits per heavy atom. The summed E-state index contributed by atoms with van der Waals surface area (Å²) in [5.41, 5.74) is 0.0393. The van der Waals surface area contributed by atoms with Gasteiger partial charge < -0.3 is 14.2 Å². The van der Waals surface area contributed by atoms with Crippen molar-refractivity contribution in [2.75, 3.05) is 26.1 Å². The fourth-order valence-corrected chi connectivity index (χ4v) is 5.12. The van der Waals surface area contributed by atoms with E-state index in [-0.39, 0.29) is 40.1 Å². The average molecular weight is 561 g/mol. The van der Waals surface area contributed by atoms with Crippen LogP contribution in [0.4, 0.5) is 14.7 Å². The third kappa shape index (κ3) is 5.26. The molecule has 1 fully saturated rings. The van der Waals surface area contributed by atoms with E-state index < -0.39 is 46.1 Å². The monoisotopic (exact) mass is 560 g/mol. The Labute approximate surface area is 215 Å². The fourth-order valence-electron chi connectivity index (χ4n) is 3.89. The number of anilines is 1. The first-order valence-electron chi connectivity index (χ1n) is 10.8. The summed E-state index contributed by atoms with van der Waals surface area (Å²) in [4.78, 5) is 16.2. The van der Waals surface area contributed by atoms with E-state index in [1.165, 1.54) is 51.5 Å². The van der Waals surface area contributed by atoms with Gasteiger partial charge in [0.25, 0.3) is 0 Å². The minimum atomic E-state index is -4.26. The van der Waals surface area contributed by atoms with E-state index in [9.17, 15) is 17.2 Å². The van der Waals surface area contributed by atoms with Crippen molar-refractivity contribution < 1.29 is 31.4 Å². The predicted octanol–water partition coefficient (Wildman–Crippen LogP) is 2.55. The second kappa shape index (κ2) is 10.3. The van der Waals surface area contributed by atoms with Crippen molar-refractivity contribution in [2.45, 2.75) is 43.0 Å². The zero-order valence-corrected chi connectivity index (χ0v) is 21.7. The Hall–Kier alpha value is -3.24. The van der Waals surface area contributed by atoms with Crippen LogP contribution in [0.2, 0.25) is 5.02 Å². The van der Waals surface area contributed by atoms with Crippen LogP contribution in [-0.2, 0) is 14.8 Å². The summed E-state index contributed by atoms with van der Waals surface area (Å²) in [6.45, 7) is 1.38. The Balaban J connectivity index is 1.77. The van der Waals surface area contributed by atoms with Crippen LogP contribution in [0.3, 0.4) is 0 Å². The molecule has 3 heterocycles. The number of halogens is 3. The van der Waals surface area contributed by atoms with Crippen molar-refractivity contribution in [1.82, 2.24) is 34.7 Å². The maximum absolute atomic E-state index is 13.7. The minimum Gasteiger partial charge on any atom is -0.479 e. The number of methoxy groups -OCH3 is 3. The van der Waals surface area contributed by atoms with E-state index in [2.05, 4.69) is 34.9 Å². The van der Waals surface area contributed by atoms with Gasteiger partial charge in [-0.05, 0) is 6.92 Å². The average Bonchev–Trinajstić information content (AvgIpc) is 3.25. The number of nitrogens with one attached hydrogen (secondary N) is 1. The van der Waals surface area contributed by atoms with Crippen molar-refractivity contribution >= 4 is 27.6 Å². The zero-order valence-electron chi connectivity index (χ0n) is 20.1. The van der Waals surface area contributed by atoms with Gasteiger partial charge in [-0.15, -0.1) is 10.2 Å². The summed E-state index contributed by atoms with van der Waals surface area (Å²) in [6.07, 6.45) is 1.73. The van der Waals surface area contributed by atoms with Crippen molar-refractivity contribution in [2.24, 2.45) is 0 Å². The fraction of sp³-hybridized carbons (Fsp3) is 0.500. The topological polar surface area (TPSA) is 156 Å². The quantitative estimate of drug-likeness (QED) is 0.388. The molecule has 0 aromatic carbocycles. The number of alkyl halides is 2. The zero-order chi connectivity index (χ0) is 27.0. The van der Waals surface area contributed by atoms with E-state index in [4.69, 9.17) is 25.8 Å². The minimum absolute atomic E-state index is 0.0168. The van der Waals surface area contributed by atoms with Crippen molar-refractivity contribution in [3.63, 3.8) is 0 Å². The van der Waals surface area contributed by atoms with Crippen molar-refractivity contribution in [3.8, 4) is 17.4 Å². The van der Waals surface area contributed by atoms with E-state index >= 15 is 0 Å². The summed E-state index contributed by atoms with van der Waals surface area (Å²) >= 11 is 5.83. The molecule has 0 spiro atoms. The van der Waals surface area contributed by atoms with Gasteiger partial charge >= 0.3 is 0 Å². The van der Waals surface area contributed by atoms with Crippen LogP contribution in [0, 0.1) is 0 Å². The van der Waals surface area contributed by atoms with E-state index in [0.29, 0.717) is 0 Å². The van der Waals surface area contributed by atoms with Gasteiger partial charge in [-0.25, -0.2) is 27.2 Å². The molecule has 2 atom stereocenters. The lowest BCUT2D eigenvalue weighted by Crippen LogP contribution is -2.36. The largest absolute Gasteiger partial charge is 0.479 e. The smallest absolute Gasteiger partial charge is 0.249 e. The maximum atomic E-state index is 13.7. The molecular formula is C20H23ClF2N8O5S. The standard InChI is InChI=1S/C20H23ClF2N8O5S/c1-10(14(34-2)15-24-7-12(21)8-25-15)37(32,33)30-19-29-28-16(11-5-20(22,23)6-11)31(19)13-17(35-3)26-9-27-18(13)36-4/h7-11,14H,5-6H2,1-4H3,(H,29,30)/t10-,14-/m0/s1. The van der Waals surface area contributed by atoms with Crippen molar-refractivity contribution in [3.05, 3.63) is 35.4 Å². The van der Waals surface area contributed by atoms with E-state index in [1.54, 1.807) is 0 Å². The molecule has 1 N–H and O–H groups in total. The highest BCUT2D eigenvalue weighted by Gasteiger charge is 2.49. The number of nitrogens with zero attached hydrogens (tertiary/aromatic N) is 7. The first-order chi connectivity index (χ1) is 17.5. The number of hydrogen-bond donors (Lipinski definition) is 1. The van der Waals surface area contributed by atoms with Gasteiger partial charge in [0.15, 0.2) is 11.5 Å². The van der Waals surface area contributed by atoms with Gasteiger partial charge in [-0.3, -0.25) is 9.29 Å². The van der Waals surface area contributed by atoms with Gasteiger partial charge in [0, 0.05) is 38.3 Å². The Kier molecular flexibility index (Phi) is 7.43. The number of rotatable bonds is 10. The first kappa shape index (κ1) is 26.8. The second-order valence-electron chi connectivity index (χ2n) is 8.19. The summed E-state index contributed by atoms with van der Waals surface area (Å²) in [6, 6.07) is 0. The number of ether oxygens (including phenoxy) is 3. The lowest BCUT2D eigenvalue weighted by atomic mass is 9.80. The van der Waals surface area contributed by atoms with Gasteiger partial charge in [0.1, 0.15) is 23.5 Å². The van der Waals surface area contributed by atoms with Crippen LogP contribution < -0.4 is 14.2 Å². The predicted molar refractivity (Wildman–Crippen MR) is 126 cm³/mol. The molecule has 37 heavy (non-hydrogen) atoms. The Morgan fingerprint density at radius 2 is 1.68 bits per heavy atom. The Bertz CT molecular complexity index is 1350. The summed E-state index contributed by atoms with van der Waals surface area (Å²) in [5.74, 6) is -3.79. The highest BCUT2D eigenvalue weighted by Crippen LogP contribution is 2.49. The SMILES string of the molecule is COc1ncnc(OC)c1-n1c(NS(=O)(=O)[C@@H](C)[C@H](OC)c2ncc(Cl)cn2)nnc1C1CC(F)(F)C1. The molecule has 4 rings (SSSR count). The molecule has 3 aromatic rings. The number of aromatic nitrogens is 7. The molecule has 0 radical (unpaired) electrons. The third-order valence-corrected chi connectivity index (χ3v) is 7.70. The molecule has 200 valence electrons. The van der Waals surface area contributed by atoms with Crippen LogP contribution in [-0.4, -0.2) is 75.6 Å². The normalized spacial score (nSPS) is 17.1. The van der Waals surface area contributed by atoms with Crippen LogP contribution in [0.5, 0.6) is 11.8 Å². The highest BCUT2D eigenvalue weighted by atomic mass is 35.5. The number of sulfonamides is 1. The first-order valence-corrected chi connectivity index (χ1v) is 12.7. The molecule has 0 unspecified atom stereocenters. The van der Waals surface area contributed by atoms with Crippen LogP contribution in [0.15, 0.2) is 18.7 Å². The van der Waals surface area contributed by atoms with Gasteiger partial charge in [0.05, 0.1) is 19.2 Å². The molecule has 0 aliphatic heterocycles. The lowest BCUT2D eigenvalue weighted by molar-refractivity contribution is -0.0888. The van der Waals surface area contributed by atoms with Crippen LogP contribution >= 0.6 is 11.6 Å². The molecular weight excluding hydrogens is 538 g/mol. The van der Waals surface area contributed by atoms with E-state index in [0.717, 1.165) is 0 Å². The second-order valence-corrected chi connectivity index (χ2v) is 10.7. The molecule has 0 amide bonds. The molecule has 0 bridgehead atoms. The molecule has 1 aliphatic carbocycles. The van der Waals surface area contributed by atoms with Crippen LogP contribution in [0.25, 0.3) is 5.69 Å². The lowest BCUT2D eigenvalue weighted by Gasteiger charge is -2.34. The Morgan fingerprint density at radius 1 is 1.08 bits per heavy atom. The van der Waals surface area contributed by atoms with Crippen LogP contribution in [0.1, 0.15) is 43.4 Å². The van der Waals surface area contributed by atoms with Gasteiger partial charge in [-0.1, -0.05) is 11.6 Å².